The van der Waals surface area contributed by atoms with E-state index in [-0.39, 0.29) is 16.8 Å². The normalized spacial score (nSPS) is 11.4. The van der Waals surface area contributed by atoms with Crippen molar-refractivity contribution in [3.05, 3.63) is 36.0 Å². The molecule has 1 aromatic carbocycles. The number of carboxylic acids is 1. The van der Waals surface area contributed by atoms with Crippen LogP contribution in [0.4, 0.5) is 13.2 Å². The fraction of sp³-hybridized carbons (Fsp3) is 0.167. The minimum atomic E-state index is -4.87. The Morgan fingerprint density at radius 3 is 2.55 bits per heavy atom. The Labute approximate surface area is 111 Å². The molecule has 1 heterocycles. The minimum Gasteiger partial charge on any atom is -0.478 e. The van der Waals surface area contributed by atoms with E-state index in [1.54, 1.807) is 7.05 Å². The van der Waals surface area contributed by atoms with Crippen molar-refractivity contribution in [3.8, 4) is 17.0 Å². The van der Waals surface area contributed by atoms with Crippen molar-refractivity contribution in [1.82, 2.24) is 9.78 Å². The lowest BCUT2D eigenvalue weighted by Gasteiger charge is -2.12. The summed E-state index contributed by atoms with van der Waals surface area (Å²) >= 11 is 0. The standard InChI is InChI=1S/C12H9F3N2O3/c1-17-5-4-9(16-17)8-6-7(11(18)19)2-3-10(8)20-12(13,14)15/h2-6H,1H3,(H,18,19). The monoisotopic (exact) mass is 286 g/mol. The first-order chi connectivity index (χ1) is 9.26. The van der Waals surface area contributed by atoms with E-state index in [2.05, 4.69) is 9.84 Å². The van der Waals surface area contributed by atoms with Gasteiger partial charge in [-0.15, -0.1) is 13.2 Å². The number of hydrogen-bond donors (Lipinski definition) is 1. The summed E-state index contributed by atoms with van der Waals surface area (Å²) in [6.45, 7) is 0. The SMILES string of the molecule is Cn1ccc(-c2cc(C(=O)O)ccc2OC(F)(F)F)n1. The largest absolute Gasteiger partial charge is 0.573 e. The Bertz CT molecular complexity index is 650. The molecule has 0 bridgehead atoms. The van der Waals surface area contributed by atoms with E-state index in [4.69, 9.17) is 5.11 Å². The average molecular weight is 286 g/mol. The number of aromatic carboxylic acids is 1. The first-order valence-electron chi connectivity index (χ1n) is 5.39. The fourth-order valence-electron chi connectivity index (χ4n) is 1.64. The van der Waals surface area contributed by atoms with Crippen molar-refractivity contribution >= 4 is 5.97 Å². The van der Waals surface area contributed by atoms with Crippen LogP contribution in [0.15, 0.2) is 30.5 Å². The van der Waals surface area contributed by atoms with Gasteiger partial charge in [-0.1, -0.05) is 0 Å². The molecule has 5 nitrogen and oxygen atoms in total. The van der Waals surface area contributed by atoms with Gasteiger partial charge in [-0.25, -0.2) is 4.79 Å². The zero-order valence-electron chi connectivity index (χ0n) is 10.2. The number of alkyl halides is 3. The molecule has 0 amide bonds. The Morgan fingerprint density at radius 1 is 1.35 bits per heavy atom. The molecule has 0 aliphatic carbocycles. The molecule has 0 saturated heterocycles. The van der Waals surface area contributed by atoms with E-state index < -0.39 is 18.1 Å². The molecule has 0 spiro atoms. The van der Waals surface area contributed by atoms with Crippen LogP contribution in [0.3, 0.4) is 0 Å². The summed E-state index contributed by atoms with van der Waals surface area (Å²) < 4.78 is 42.3. The van der Waals surface area contributed by atoms with Crippen molar-refractivity contribution < 1.29 is 27.8 Å². The molecule has 0 aliphatic rings. The summed E-state index contributed by atoms with van der Waals surface area (Å²) in [6, 6.07) is 4.55. The van der Waals surface area contributed by atoms with E-state index in [0.717, 1.165) is 18.2 Å². The van der Waals surface area contributed by atoms with Crippen LogP contribution < -0.4 is 4.74 Å². The zero-order chi connectivity index (χ0) is 14.9. The van der Waals surface area contributed by atoms with Gasteiger partial charge in [0.25, 0.3) is 0 Å². The van der Waals surface area contributed by atoms with Crippen LogP contribution in [0.5, 0.6) is 5.75 Å². The molecule has 2 rings (SSSR count). The first-order valence-corrected chi connectivity index (χ1v) is 5.39. The maximum absolute atomic E-state index is 12.3. The van der Waals surface area contributed by atoms with Gasteiger partial charge >= 0.3 is 12.3 Å². The third-order valence-corrected chi connectivity index (χ3v) is 2.44. The van der Waals surface area contributed by atoms with Crippen molar-refractivity contribution in [2.24, 2.45) is 7.05 Å². The maximum atomic E-state index is 12.3. The number of rotatable bonds is 3. The van der Waals surface area contributed by atoms with Gasteiger partial charge in [0, 0.05) is 18.8 Å². The molecule has 8 heteroatoms. The lowest BCUT2D eigenvalue weighted by atomic mass is 10.1. The summed E-state index contributed by atoms with van der Waals surface area (Å²) in [4.78, 5) is 10.9. The molecule has 0 radical (unpaired) electrons. The van der Waals surface area contributed by atoms with Gasteiger partial charge in [0.05, 0.1) is 11.3 Å². The quantitative estimate of drug-likeness (QED) is 0.942. The van der Waals surface area contributed by atoms with Crippen molar-refractivity contribution in [3.63, 3.8) is 0 Å². The van der Waals surface area contributed by atoms with Gasteiger partial charge in [-0.05, 0) is 24.3 Å². The molecule has 0 aliphatic heterocycles. The number of aromatic nitrogens is 2. The van der Waals surface area contributed by atoms with E-state index in [1.807, 2.05) is 0 Å². The highest BCUT2D eigenvalue weighted by atomic mass is 19.4. The molecule has 1 aromatic heterocycles. The second kappa shape index (κ2) is 4.87. The molecular formula is C12H9F3N2O3. The first kappa shape index (κ1) is 13.9. The van der Waals surface area contributed by atoms with Gasteiger partial charge in [0.1, 0.15) is 5.75 Å². The minimum absolute atomic E-state index is 0.0391. The summed E-state index contributed by atoms with van der Waals surface area (Å²) in [5.74, 6) is -1.75. The van der Waals surface area contributed by atoms with Gasteiger partial charge in [0.15, 0.2) is 0 Å². The Hall–Kier alpha value is -2.51. The van der Waals surface area contributed by atoms with Crippen LogP contribution in [-0.2, 0) is 7.05 Å². The van der Waals surface area contributed by atoms with Gasteiger partial charge in [0.2, 0.25) is 0 Å². The van der Waals surface area contributed by atoms with Crippen LogP contribution in [-0.4, -0.2) is 27.2 Å². The number of halogens is 3. The zero-order valence-corrected chi connectivity index (χ0v) is 10.2. The van der Waals surface area contributed by atoms with Crippen LogP contribution in [0.1, 0.15) is 10.4 Å². The lowest BCUT2D eigenvalue weighted by Crippen LogP contribution is -2.18. The third kappa shape index (κ3) is 3.08. The second-order valence-corrected chi connectivity index (χ2v) is 3.94. The highest BCUT2D eigenvalue weighted by Crippen LogP contribution is 2.33. The van der Waals surface area contributed by atoms with Gasteiger partial charge in [-0.3, -0.25) is 4.68 Å². The van der Waals surface area contributed by atoms with Gasteiger partial charge < -0.3 is 9.84 Å². The van der Waals surface area contributed by atoms with E-state index in [9.17, 15) is 18.0 Å². The number of ether oxygens (including phenoxy) is 1. The highest BCUT2D eigenvalue weighted by Gasteiger charge is 2.32. The summed E-state index contributed by atoms with van der Waals surface area (Å²) in [6.07, 6.45) is -3.34. The highest BCUT2D eigenvalue weighted by molar-refractivity contribution is 5.90. The Kier molecular flexibility index (Phi) is 3.39. The maximum Gasteiger partial charge on any atom is 0.573 e. The predicted molar refractivity (Wildman–Crippen MR) is 62.3 cm³/mol. The predicted octanol–water partition coefficient (Wildman–Crippen LogP) is 2.68. The molecule has 0 saturated carbocycles. The van der Waals surface area contributed by atoms with E-state index in [1.165, 1.54) is 16.9 Å². The third-order valence-electron chi connectivity index (χ3n) is 2.44. The lowest BCUT2D eigenvalue weighted by molar-refractivity contribution is -0.274. The van der Waals surface area contributed by atoms with Crippen LogP contribution in [0, 0.1) is 0 Å². The summed E-state index contributed by atoms with van der Waals surface area (Å²) in [5.41, 5.74) is -0.00199. The molecule has 1 N–H and O–H groups in total. The number of benzene rings is 1. The van der Waals surface area contributed by atoms with E-state index in [0.29, 0.717) is 0 Å². The number of hydrogen-bond acceptors (Lipinski definition) is 3. The van der Waals surface area contributed by atoms with Crippen molar-refractivity contribution in [2.45, 2.75) is 6.36 Å². The molecule has 20 heavy (non-hydrogen) atoms. The molecule has 0 fully saturated rings. The van der Waals surface area contributed by atoms with Crippen LogP contribution in [0.25, 0.3) is 11.3 Å². The number of aryl methyl sites for hydroxylation is 1. The molecular weight excluding hydrogens is 277 g/mol. The second-order valence-electron chi connectivity index (χ2n) is 3.94. The number of carbonyl (C=O) groups is 1. The molecule has 2 aromatic rings. The fourth-order valence-corrected chi connectivity index (χ4v) is 1.64. The smallest absolute Gasteiger partial charge is 0.478 e. The number of carboxylic acid groups (broad SMARTS) is 1. The summed E-state index contributed by atoms with van der Waals surface area (Å²) in [7, 11) is 1.59. The molecule has 0 unspecified atom stereocenters. The molecule has 0 atom stereocenters. The van der Waals surface area contributed by atoms with Gasteiger partial charge in [-0.2, -0.15) is 5.10 Å². The topological polar surface area (TPSA) is 64.4 Å². The Balaban J connectivity index is 2.54. The van der Waals surface area contributed by atoms with Crippen molar-refractivity contribution in [2.75, 3.05) is 0 Å². The van der Waals surface area contributed by atoms with Crippen LogP contribution in [0.2, 0.25) is 0 Å². The van der Waals surface area contributed by atoms with Crippen molar-refractivity contribution in [1.29, 1.82) is 0 Å². The number of nitrogens with zero attached hydrogens (tertiary/aromatic N) is 2. The molecule has 106 valence electrons. The van der Waals surface area contributed by atoms with Crippen LogP contribution >= 0.6 is 0 Å². The average Bonchev–Trinajstić information content (AvgIpc) is 2.74. The Morgan fingerprint density at radius 2 is 2.05 bits per heavy atom. The van der Waals surface area contributed by atoms with E-state index >= 15 is 0 Å². The summed E-state index contributed by atoms with van der Waals surface area (Å²) in [5, 5.41) is 12.8.